The quantitative estimate of drug-likeness (QED) is 0.916. The van der Waals surface area contributed by atoms with Gasteiger partial charge < -0.3 is 5.73 Å². The highest BCUT2D eigenvalue weighted by atomic mass is 79.9. The van der Waals surface area contributed by atoms with Gasteiger partial charge in [0.1, 0.15) is 0 Å². The summed E-state index contributed by atoms with van der Waals surface area (Å²) in [4.78, 5) is 4.02. The van der Waals surface area contributed by atoms with Crippen molar-refractivity contribution in [2.75, 3.05) is 5.73 Å². The van der Waals surface area contributed by atoms with Crippen LogP contribution in [0.1, 0.15) is 33.1 Å². The number of halogens is 1. The van der Waals surface area contributed by atoms with Crippen LogP contribution in [0.4, 0.5) is 5.95 Å². The van der Waals surface area contributed by atoms with Crippen LogP contribution in [0, 0.1) is 11.3 Å². The van der Waals surface area contributed by atoms with Crippen molar-refractivity contribution >= 4 is 21.9 Å². The molecule has 2 N–H and O–H groups in total. The lowest BCUT2D eigenvalue weighted by Gasteiger charge is -2.24. The number of aryl methyl sites for hydroxylation is 1. The van der Waals surface area contributed by atoms with Gasteiger partial charge in [0.05, 0.1) is 0 Å². The third-order valence-electron chi connectivity index (χ3n) is 3.29. The van der Waals surface area contributed by atoms with Crippen LogP contribution < -0.4 is 5.73 Å². The van der Waals surface area contributed by atoms with Crippen molar-refractivity contribution in [1.29, 1.82) is 0 Å². The molecule has 1 fully saturated rings. The summed E-state index contributed by atoms with van der Waals surface area (Å²) in [5.41, 5.74) is 5.93. The highest BCUT2D eigenvalue weighted by Gasteiger charge is 2.37. The number of hydrogen-bond donors (Lipinski definition) is 1. The summed E-state index contributed by atoms with van der Waals surface area (Å²) < 4.78 is 2.56. The highest BCUT2D eigenvalue weighted by Crippen LogP contribution is 2.47. The Bertz CT molecular complexity index is 354. The molecule has 2 rings (SSSR count). The minimum absolute atomic E-state index is 0.339. The third-order valence-corrected chi connectivity index (χ3v) is 3.88. The number of nitrogens with zero attached hydrogens (tertiary/aromatic N) is 3. The van der Waals surface area contributed by atoms with E-state index in [0.717, 1.165) is 23.6 Å². The average Bonchev–Trinajstić information content (AvgIpc) is 2.91. The molecule has 4 nitrogen and oxygen atoms in total. The van der Waals surface area contributed by atoms with Gasteiger partial charge in [-0.2, -0.15) is 4.98 Å². The van der Waals surface area contributed by atoms with Crippen molar-refractivity contribution < 1.29 is 0 Å². The summed E-state index contributed by atoms with van der Waals surface area (Å²) in [6, 6.07) is 0. The van der Waals surface area contributed by atoms with Gasteiger partial charge in [-0.15, -0.1) is 5.10 Å². The van der Waals surface area contributed by atoms with E-state index < -0.39 is 0 Å². The molecule has 1 aliphatic carbocycles. The molecule has 84 valence electrons. The van der Waals surface area contributed by atoms with Crippen LogP contribution in [0.15, 0.2) is 4.73 Å². The van der Waals surface area contributed by atoms with E-state index in [4.69, 9.17) is 5.73 Å². The number of rotatable bonds is 4. The first kappa shape index (κ1) is 10.9. The van der Waals surface area contributed by atoms with E-state index in [0.29, 0.717) is 11.4 Å². The molecule has 0 spiro atoms. The molecule has 0 radical (unpaired) electrons. The fourth-order valence-electron chi connectivity index (χ4n) is 1.94. The molecule has 1 aromatic heterocycles. The number of nitrogens with two attached hydrogens (primary N) is 1. The van der Waals surface area contributed by atoms with Crippen molar-refractivity contribution in [3.63, 3.8) is 0 Å². The van der Waals surface area contributed by atoms with E-state index >= 15 is 0 Å². The number of nitrogen functional groups attached to an aromatic ring is 1. The molecule has 0 unspecified atom stereocenters. The fourth-order valence-corrected chi connectivity index (χ4v) is 2.38. The summed E-state index contributed by atoms with van der Waals surface area (Å²) >= 11 is 3.35. The Morgan fingerprint density at radius 3 is 2.67 bits per heavy atom. The summed E-state index contributed by atoms with van der Waals surface area (Å²) in [7, 11) is 0. The average molecular weight is 273 g/mol. The Labute approximate surface area is 98.4 Å². The molecule has 1 aliphatic rings. The van der Waals surface area contributed by atoms with Crippen molar-refractivity contribution in [2.24, 2.45) is 11.3 Å². The molecule has 0 amide bonds. The molecule has 1 heterocycles. The Balaban J connectivity index is 1.95. The SMILES string of the molecule is CC(C)(CCn1nc(N)nc1Br)C1CC1. The van der Waals surface area contributed by atoms with Crippen molar-refractivity contribution in [3.8, 4) is 0 Å². The van der Waals surface area contributed by atoms with Gasteiger partial charge in [0.15, 0.2) is 4.73 Å². The molecule has 5 heteroatoms. The zero-order valence-electron chi connectivity index (χ0n) is 9.20. The lowest BCUT2D eigenvalue weighted by molar-refractivity contribution is 0.260. The minimum Gasteiger partial charge on any atom is -0.366 e. The number of anilines is 1. The molecule has 1 saturated carbocycles. The first-order chi connectivity index (χ1) is 6.99. The van der Waals surface area contributed by atoms with E-state index in [1.807, 2.05) is 4.68 Å². The van der Waals surface area contributed by atoms with E-state index in [2.05, 4.69) is 39.9 Å². The predicted octanol–water partition coefficient (Wildman–Crippen LogP) is 2.45. The lowest BCUT2D eigenvalue weighted by atomic mass is 9.84. The summed E-state index contributed by atoms with van der Waals surface area (Å²) in [5.74, 6) is 1.24. The predicted molar refractivity (Wildman–Crippen MR) is 63.3 cm³/mol. The minimum atomic E-state index is 0.339. The molecule has 0 saturated heterocycles. The van der Waals surface area contributed by atoms with Crippen LogP contribution >= 0.6 is 15.9 Å². The van der Waals surface area contributed by atoms with Gasteiger partial charge in [-0.25, -0.2) is 4.68 Å². The monoisotopic (exact) mass is 272 g/mol. The molecule has 0 atom stereocenters. The number of hydrogen-bond acceptors (Lipinski definition) is 3. The Kier molecular flexibility index (Phi) is 2.75. The zero-order valence-corrected chi connectivity index (χ0v) is 10.8. The summed E-state index contributed by atoms with van der Waals surface area (Å²) in [6.07, 6.45) is 3.89. The van der Waals surface area contributed by atoms with E-state index in [1.54, 1.807) is 0 Å². The van der Waals surface area contributed by atoms with Crippen LogP contribution in [0.25, 0.3) is 0 Å². The summed E-state index contributed by atoms with van der Waals surface area (Å²) in [6.45, 7) is 5.55. The maximum Gasteiger partial charge on any atom is 0.240 e. The normalized spacial score (nSPS) is 17.0. The van der Waals surface area contributed by atoms with Gasteiger partial charge in [0.25, 0.3) is 0 Å². The van der Waals surface area contributed by atoms with Crippen molar-refractivity contribution in [2.45, 2.75) is 39.7 Å². The van der Waals surface area contributed by atoms with Crippen molar-refractivity contribution in [1.82, 2.24) is 14.8 Å². The second-order valence-electron chi connectivity index (χ2n) is 4.98. The smallest absolute Gasteiger partial charge is 0.240 e. The Hall–Kier alpha value is -0.580. The molecule has 0 bridgehead atoms. The Morgan fingerprint density at radius 1 is 1.53 bits per heavy atom. The van der Waals surface area contributed by atoms with Gasteiger partial charge >= 0.3 is 0 Å². The number of aromatic nitrogens is 3. The van der Waals surface area contributed by atoms with Gasteiger partial charge in [-0.1, -0.05) is 13.8 Å². The van der Waals surface area contributed by atoms with E-state index in [9.17, 15) is 0 Å². The maximum atomic E-state index is 5.52. The van der Waals surface area contributed by atoms with Crippen molar-refractivity contribution in [3.05, 3.63) is 4.73 Å². The second kappa shape index (κ2) is 3.77. The molecular weight excluding hydrogens is 256 g/mol. The van der Waals surface area contributed by atoms with Gasteiger partial charge in [-0.3, -0.25) is 0 Å². The zero-order chi connectivity index (χ0) is 11.1. The van der Waals surface area contributed by atoms with Gasteiger partial charge in [-0.05, 0) is 46.5 Å². The van der Waals surface area contributed by atoms with Gasteiger partial charge in [0, 0.05) is 6.54 Å². The standard InChI is InChI=1S/C10H17BrN4/c1-10(2,7-3-4-7)5-6-15-8(11)13-9(12)14-15/h7H,3-6H2,1-2H3,(H2,12,14). The Morgan fingerprint density at radius 2 is 2.20 bits per heavy atom. The molecule has 15 heavy (non-hydrogen) atoms. The topological polar surface area (TPSA) is 56.7 Å². The third kappa shape index (κ3) is 2.51. The van der Waals surface area contributed by atoms with E-state index in [1.165, 1.54) is 12.8 Å². The lowest BCUT2D eigenvalue weighted by Crippen LogP contribution is -2.17. The summed E-state index contributed by atoms with van der Waals surface area (Å²) in [5, 5.41) is 4.13. The second-order valence-corrected chi connectivity index (χ2v) is 5.68. The molecule has 0 aliphatic heterocycles. The molecule has 1 aromatic rings. The first-order valence-corrected chi connectivity index (χ1v) is 6.14. The largest absolute Gasteiger partial charge is 0.366 e. The molecular formula is C10H17BrN4. The van der Waals surface area contributed by atoms with Crippen LogP contribution in [0.5, 0.6) is 0 Å². The van der Waals surface area contributed by atoms with Crippen LogP contribution in [-0.4, -0.2) is 14.8 Å². The van der Waals surface area contributed by atoms with Crippen LogP contribution in [0.2, 0.25) is 0 Å². The van der Waals surface area contributed by atoms with Crippen LogP contribution in [0.3, 0.4) is 0 Å². The van der Waals surface area contributed by atoms with E-state index in [-0.39, 0.29) is 0 Å². The highest BCUT2D eigenvalue weighted by molar-refractivity contribution is 9.10. The first-order valence-electron chi connectivity index (χ1n) is 5.35. The maximum absolute atomic E-state index is 5.52. The van der Waals surface area contributed by atoms with Crippen LogP contribution in [-0.2, 0) is 6.54 Å². The molecule has 0 aromatic carbocycles. The fraction of sp³-hybridized carbons (Fsp3) is 0.800. The van der Waals surface area contributed by atoms with Gasteiger partial charge in [0.2, 0.25) is 5.95 Å².